The fourth-order valence-corrected chi connectivity index (χ4v) is 2.30. The number of nitrogens with zero attached hydrogens (tertiary/aromatic N) is 2. The number of halogens is 1. The van der Waals surface area contributed by atoms with E-state index in [1.54, 1.807) is 16.8 Å². The van der Waals surface area contributed by atoms with Gasteiger partial charge >= 0.3 is 0 Å². The van der Waals surface area contributed by atoms with Crippen LogP contribution in [0.2, 0.25) is 0 Å². The fraction of sp³-hybridized carbons (Fsp3) is 0.0667. The van der Waals surface area contributed by atoms with Crippen molar-refractivity contribution in [3.05, 3.63) is 75.2 Å². The van der Waals surface area contributed by atoms with Gasteiger partial charge < -0.3 is 9.09 Å². The number of benzene rings is 1. The number of pyridine rings is 1. The lowest BCUT2D eigenvalue weighted by atomic mass is 10.2. The lowest BCUT2D eigenvalue weighted by Crippen LogP contribution is -2.18. The molecular formula is C15H11BrN2O2. The number of hydrogen-bond acceptors (Lipinski definition) is 3. The highest BCUT2D eigenvalue weighted by atomic mass is 79.9. The van der Waals surface area contributed by atoms with Gasteiger partial charge in [0, 0.05) is 28.4 Å². The Kier molecular flexibility index (Phi) is 3.52. The van der Waals surface area contributed by atoms with E-state index < -0.39 is 0 Å². The van der Waals surface area contributed by atoms with Crippen LogP contribution in [0.4, 0.5) is 0 Å². The van der Waals surface area contributed by atoms with Gasteiger partial charge in [0.15, 0.2) is 5.76 Å². The molecule has 100 valence electrons. The normalized spacial score (nSPS) is 10.7. The Bertz CT molecular complexity index is 778. The summed E-state index contributed by atoms with van der Waals surface area (Å²) in [5.74, 6) is 0.698. The Morgan fingerprint density at radius 3 is 2.75 bits per heavy atom. The molecule has 0 amide bonds. The minimum Gasteiger partial charge on any atom is -0.356 e. The molecule has 2 heterocycles. The summed E-state index contributed by atoms with van der Waals surface area (Å²) in [6, 6.07) is 14.8. The lowest BCUT2D eigenvalue weighted by molar-refractivity contribution is 0.421. The summed E-state index contributed by atoms with van der Waals surface area (Å²) in [5, 5.41) is 4.01. The maximum atomic E-state index is 11.7. The smallest absolute Gasteiger partial charge is 0.250 e. The Morgan fingerprint density at radius 2 is 1.95 bits per heavy atom. The van der Waals surface area contributed by atoms with Crippen molar-refractivity contribution in [2.75, 3.05) is 0 Å². The minimum atomic E-state index is -0.0718. The first-order valence-corrected chi connectivity index (χ1v) is 6.89. The molecule has 2 aromatic heterocycles. The molecular weight excluding hydrogens is 320 g/mol. The van der Waals surface area contributed by atoms with Crippen LogP contribution in [-0.2, 0) is 6.54 Å². The van der Waals surface area contributed by atoms with Crippen molar-refractivity contribution in [1.82, 2.24) is 9.72 Å². The van der Waals surface area contributed by atoms with Gasteiger partial charge in [-0.2, -0.15) is 0 Å². The lowest BCUT2D eigenvalue weighted by Gasteiger charge is -2.02. The molecule has 0 saturated carbocycles. The summed E-state index contributed by atoms with van der Waals surface area (Å²) in [7, 11) is 0. The van der Waals surface area contributed by atoms with Crippen LogP contribution >= 0.6 is 15.9 Å². The predicted molar refractivity (Wildman–Crippen MR) is 79.4 cm³/mol. The molecule has 0 atom stereocenters. The molecule has 5 heteroatoms. The Balaban J connectivity index is 1.88. The van der Waals surface area contributed by atoms with E-state index in [-0.39, 0.29) is 5.56 Å². The van der Waals surface area contributed by atoms with Gasteiger partial charge in [-0.05, 0) is 22.0 Å². The quantitative estimate of drug-likeness (QED) is 0.740. The average molecular weight is 331 g/mol. The van der Waals surface area contributed by atoms with Crippen molar-refractivity contribution < 1.29 is 4.52 Å². The van der Waals surface area contributed by atoms with Crippen LogP contribution in [-0.4, -0.2) is 9.72 Å². The SMILES string of the molecule is O=c1ccc(Br)cn1Cc1cc(-c2ccccc2)on1. The first-order valence-electron chi connectivity index (χ1n) is 6.09. The average Bonchev–Trinajstić information content (AvgIpc) is 2.92. The van der Waals surface area contributed by atoms with Gasteiger partial charge in [-0.15, -0.1) is 0 Å². The molecule has 4 nitrogen and oxygen atoms in total. The van der Waals surface area contributed by atoms with E-state index in [0.717, 1.165) is 10.0 Å². The van der Waals surface area contributed by atoms with Gasteiger partial charge in [0.05, 0.1) is 6.54 Å². The van der Waals surface area contributed by atoms with E-state index in [9.17, 15) is 4.79 Å². The molecule has 1 aromatic carbocycles. The Labute approximate surface area is 123 Å². The van der Waals surface area contributed by atoms with Crippen molar-refractivity contribution in [2.45, 2.75) is 6.54 Å². The molecule has 0 bridgehead atoms. The third kappa shape index (κ3) is 2.72. The van der Waals surface area contributed by atoms with Crippen molar-refractivity contribution in [3.63, 3.8) is 0 Å². The zero-order valence-corrected chi connectivity index (χ0v) is 12.1. The first kappa shape index (κ1) is 12.9. The standard InChI is InChI=1S/C15H11BrN2O2/c16-12-6-7-15(19)18(9-12)10-13-8-14(20-17-13)11-4-2-1-3-5-11/h1-9H,10H2. The topological polar surface area (TPSA) is 48.0 Å². The molecule has 0 aliphatic carbocycles. The highest BCUT2D eigenvalue weighted by molar-refractivity contribution is 9.10. The highest BCUT2D eigenvalue weighted by Gasteiger charge is 2.07. The minimum absolute atomic E-state index is 0.0718. The molecule has 0 aliphatic rings. The van der Waals surface area contributed by atoms with Crippen LogP contribution in [0.5, 0.6) is 0 Å². The van der Waals surface area contributed by atoms with Gasteiger partial charge in [0.2, 0.25) is 0 Å². The van der Waals surface area contributed by atoms with Crippen LogP contribution < -0.4 is 5.56 Å². The maximum Gasteiger partial charge on any atom is 0.250 e. The molecule has 3 rings (SSSR count). The molecule has 0 N–H and O–H groups in total. The molecule has 3 aromatic rings. The second-order valence-electron chi connectivity index (χ2n) is 4.36. The highest BCUT2D eigenvalue weighted by Crippen LogP contribution is 2.20. The zero-order chi connectivity index (χ0) is 13.9. The van der Waals surface area contributed by atoms with Crippen molar-refractivity contribution in [1.29, 1.82) is 0 Å². The third-order valence-corrected chi connectivity index (χ3v) is 3.37. The van der Waals surface area contributed by atoms with Gasteiger partial charge in [0.25, 0.3) is 5.56 Å². The van der Waals surface area contributed by atoms with Crippen LogP contribution in [0, 0.1) is 0 Å². The number of rotatable bonds is 3. The molecule has 20 heavy (non-hydrogen) atoms. The van der Waals surface area contributed by atoms with Crippen LogP contribution in [0.1, 0.15) is 5.69 Å². The summed E-state index contributed by atoms with van der Waals surface area (Å²) in [5.41, 5.74) is 1.61. The Morgan fingerprint density at radius 1 is 1.15 bits per heavy atom. The van der Waals surface area contributed by atoms with E-state index in [1.807, 2.05) is 36.4 Å². The summed E-state index contributed by atoms with van der Waals surface area (Å²) < 4.78 is 7.75. The van der Waals surface area contributed by atoms with Gasteiger partial charge in [-0.1, -0.05) is 35.5 Å². The molecule has 0 spiro atoms. The van der Waals surface area contributed by atoms with Gasteiger partial charge in [-0.25, -0.2) is 0 Å². The summed E-state index contributed by atoms with van der Waals surface area (Å²) >= 11 is 3.35. The number of hydrogen-bond donors (Lipinski definition) is 0. The van der Waals surface area contributed by atoms with Gasteiger partial charge in [0.1, 0.15) is 5.69 Å². The van der Waals surface area contributed by atoms with Crippen LogP contribution in [0.15, 0.2) is 68.5 Å². The van der Waals surface area contributed by atoms with E-state index in [4.69, 9.17) is 4.52 Å². The monoisotopic (exact) mass is 330 g/mol. The second kappa shape index (κ2) is 5.46. The van der Waals surface area contributed by atoms with Crippen LogP contribution in [0.3, 0.4) is 0 Å². The zero-order valence-electron chi connectivity index (χ0n) is 10.5. The van der Waals surface area contributed by atoms with E-state index >= 15 is 0 Å². The molecule has 0 saturated heterocycles. The maximum absolute atomic E-state index is 11.7. The molecule has 0 unspecified atom stereocenters. The van der Waals surface area contributed by atoms with Crippen LogP contribution in [0.25, 0.3) is 11.3 Å². The fourth-order valence-electron chi connectivity index (χ4n) is 1.93. The van der Waals surface area contributed by atoms with Crippen molar-refractivity contribution in [2.24, 2.45) is 0 Å². The van der Waals surface area contributed by atoms with E-state index in [0.29, 0.717) is 18.0 Å². The summed E-state index contributed by atoms with van der Waals surface area (Å²) in [6.45, 7) is 0.384. The first-order chi connectivity index (χ1) is 9.72. The Hall–Kier alpha value is -2.14. The molecule has 0 fully saturated rings. The largest absolute Gasteiger partial charge is 0.356 e. The van der Waals surface area contributed by atoms with E-state index in [2.05, 4.69) is 21.1 Å². The summed E-state index contributed by atoms with van der Waals surface area (Å²) in [6.07, 6.45) is 1.74. The van der Waals surface area contributed by atoms with Gasteiger partial charge in [-0.3, -0.25) is 4.79 Å². The molecule has 0 aliphatic heterocycles. The second-order valence-corrected chi connectivity index (χ2v) is 5.28. The number of aromatic nitrogens is 2. The third-order valence-electron chi connectivity index (χ3n) is 2.90. The van der Waals surface area contributed by atoms with Crippen molar-refractivity contribution in [3.8, 4) is 11.3 Å². The van der Waals surface area contributed by atoms with Crippen molar-refractivity contribution >= 4 is 15.9 Å². The van der Waals surface area contributed by atoms with E-state index in [1.165, 1.54) is 6.07 Å². The summed E-state index contributed by atoms with van der Waals surface area (Å²) in [4.78, 5) is 11.7. The molecule has 0 radical (unpaired) electrons. The predicted octanol–water partition coefficient (Wildman–Crippen LogP) is 3.31.